The van der Waals surface area contributed by atoms with E-state index >= 15 is 0 Å². The van der Waals surface area contributed by atoms with Gasteiger partial charge in [0.05, 0.1) is 5.56 Å². The van der Waals surface area contributed by atoms with E-state index in [0.717, 1.165) is 0 Å². The number of aldehydes is 1. The molecule has 1 N–H and O–H groups in total. The van der Waals surface area contributed by atoms with Gasteiger partial charge in [0, 0.05) is 11.3 Å². The van der Waals surface area contributed by atoms with Crippen LogP contribution in [0.5, 0.6) is 0 Å². The van der Waals surface area contributed by atoms with E-state index in [2.05, 4.69) is 5.32 Å². The number of nitrogens with one attached hydrogen (secondary N) is 1. The van der Waals surface area contributed by atoms with Gasteiger partial charge in [-0.1, -0.05) is 12.1 Å². The molecule has 0 fully saturated rings. The fraction of sp³-hybridized carbons (Fsp3) is 0.118. The highest BCUT2D eigenvalue weighted by atomic mass is 19.1. The van der Waals surface area contributed by atoms with Gasteiger partial charge < -0.3 is 10.1 Å². The van der Waals surface area contributed by atoms with Crippen molar-refractivity contribution < 1.29 is 23.5 Å². The molecule has 118 valence electrons. The van der Waals surface area contributed by atoms with Crippen LogP contribution in [0.3, 0.4) is 0 Å². The van der Waals surface area contributed by atoms with Gasteiger partial charge in [-0.15, -0.1) is 0 Å². The van der Waals surface area contributed by atoms with Crippen molar-refractivity contribution in [3.8, 4) is 0 Å². The van der Waals surface area contributed by atoms with Gasteiger partial charge >= 0.3 is 5.97 Å². The molecule has 0 unspecified atom stereocenters. The molecule has 1 atom stereocenters. The van der Waals surface area contributed by atoms with Crippen molar-refractivity contribution in [3.63, 3.8) is 0 Å². The van der Waals surface area contributed by atoms with Crippen molar-refractivity contribution in [2.24, 2.45) is 0 Å². The molecule has 0 radical (unpaired) electrons. The van der Waals surface area contributed by atoms with Gasteiger partial charge in [-0.2, -0.15) is 0 Å². The topological polar surface area (TPSA) is 72.5 Å². The Morgan fingerprint density at radius 2 is 1.70 bits per heavy atom. The second kappa shape index (κ2) is 7.31. The molecule has 2 aromatic rings. The zero-order valence-electron chi connectivity index (χ0n) is 12.3. The Hall–Kier alpha value is -3.02. The Morgan fingerprint density at radius 3 is 2.26 bits per heavy atom. The van der Waals surface area contributed by atoms with Crippen LogP contribution in [0, 0.1) is 5.82 Å². The number of rotatable bonds is 5. The summed E-state index contributed by atoms with van der Waals surface area (Å²) in [4.78, 5) is 34.4. The van der Waals surface area contributed by atoms with Crippen LogP contribution in [-0.4, -0.2) is 24.3 Å². The highest BCUT2D eigenvalue weighted by molar-refractivity contribution is 5.97. The number of esters is 1. The summed E-state index contributed by atoms with van der Waals surface area (Å²) in [5, 5.41) is 2.51. The molecule has 0 saturated carbocycles. The summed E-state index contributed by atoms with van der Waals surface area (Å²) in [7, 11) is 0. The zero-order chi connectivity index (χ0) is 16.8. The first-order valence-corrected chi connectivity index (χ1v) is 6.82. The number of halogens is 1. The maximum atomic E-state index is 12.8. The van der Waals surface area contributed by atoms with Crippen LogP contribution in [0.25, 0.3) is 0 Å². The van der Waals surface area contributed by atoms with Crippen molar-refractivity contribution in [3.05, 3.63) is 65.5 Å². The van der Waals surface area contributed by atoms with E-state index in [1.807, 2.05) is 0 Å². The van der Waals surface area contributed by atoms with E-state index in [-0.39, 0.29) is 5.56 Å². The predicted octanol–water partition coefficient (Wildman–Crippen LogP) is 2.82. The third-order valence-corrected chi connectivity index (χ3v) is 3.05. The molecule has 0 aliphatic carbocycles. The quantitative estimate of drug-likeness (QED) is 0.680. The molecule has 0 heterocycles. The smallest absolute Gasteiger partial charge is 0.338 e. The van der Waals surface area contributed by atoms with Gasteiger partial charge in [0.2, 0.25) is 0 Å². The van der Waals surface area contributed by atoms with Crippen LogP contribution < -0.4 is 5.32 Å². The van der Waals surface area contributed by atoms with E-state index in [1.165, 1.54) is 55.5 Å². The van der Waals surface area contributed by atoms with E-state index < -0.39 is 23.8 Å². The lowest BCUT2D eigenvalue weighted by molar-refractivity contribution is -0.123. The number of benzene rings is 2. The largest absolute Gasteiger partial charge is 0.449 e. The summed E-state index contributed by atoms with van der Waals surface area (Å²) in [5.41, 5.74) is 1.07. The molecule has 0 spiro atoms. The fourth-order valence-corrected chi connectivity index (χ4v) is 1.76. The molecule has 2 rings (SSSR count). The van der Waals surface area contributed by atoms with Crippen LogP contribution in [0.1, 0.15) is 27.6 Å². The van der Waals surface area contributed by atoms with E-state index in [9.17, 15) is 18.8 Å². The van der Waals surface area contributed by atoms with Crippen LogP contribution in [0.2, 0.25) is 0 Å². The number of hydrogen-bond acceptors (Lipinski definition) is 4. The van der Waals surface area contributed by atoms with Crippen molar-refractivity contribution in [1.29, 1.82) is 0 Å². The minimum absolute atomic E-state index is 0.233. The van der Waals surface area contributed by atoms with E-state index in [1.54, 1.807) is 0 Å². The first kappa shape index (κ1) is 16.4. The summed E-state index contributed by atoms with van der Waals surface area (Å²) in [6.07, 6.45) is -0.369. The summed E-state index contributed by atoms with van der Waals surface area (Å²) < 4.78 is 17.8. The number of carbonyl (C=O) groups is 3. The fourth-order valence-electron chi connectivity index (χ4n) is 1.76. The van der Waals surface area contributed by atoms with Crippen molar-refractivity contribution >= 4 is 23.9 Å². The summed E-state index contributed by atoms with van der Waals surface area (Å²) in [6.45, 7) is 1.43. The third kappa shape index (κ3) is 4.47. The SMILES string of the molecule is C[C@@H](OC(=O)c1ccc(C=O)cc1)C(=O)Nc1ccc(F)cc1. The Morgan fingerprint density at radius 1 is 1.09 bits per heavy atom. The van der Waals surface area contributed by atoms with Gasteiger partial charge in [0.25, 0.3) is 5.91 Å². The van der Waals surface area contributed by atoms with Crippen LogP contribution in [0.15, 0.2) is 48.5 Å². The molecule has 0 bridgehead atoms. The maximum absolute atomic E-state index is 12.8. The molecular weight excluding hydrogens is 301 g/mol. The zero-order valence-corrected chi connectivity index (χ0v) is 12.3. The molecule has 5 nitrogen and oxygen atoms in total. The number of ether oxygens (including phenoxy) is 1. The Bertz CT molecular complexity index is 710. The molecule has 23 heavy (non-hydrogen) atoms. The molecule has 2 aromatic carbocycles. The number of anilines is 1. The molecule has 0 saturated heterocycles. The molecular formula is C17H14FNO4. The first-order valence-electron chi connectivity index (χ1n) is 6.82. The van der Waals surface area contributed by atoms with Crippen LogP contribution in [0.4, 0.5) is 10.1 Å². The second-order valence-electron chi connectivity index (χ2n) is 4.78. The summed E-state index contributed by atoms with van der Waals surface area (Å²) in [5.74, 6) is -1.63. The normalized spacial score (nSPS) is 11.4. The second-order valence-corrected chi connectivity index (χ2v) is 4.78. The lowest BCUT2D eigenvalue weighted by Gasteiger charge is -2.13. The Kier molecular flexibility index (Phi) is 5.19. The van der Waals surface area contributed by atoms with Crippen LogP contribution >= 0.6 is 0 Å². The van der Waals surface area contributed by atoms with E-state index in [4.69, 9.17) is 4.74 Å². The monoisotopic (exact) mass is 315 g/mol. The molecule has 0 aliphatic rings. The predicted molar refractivity (Wildman–Crippen MR) is 81.7 cm³/mol. The summed E-state index contributed by atoms with van der Waals surface area (Å²) in [6, 6.07) is 11.1. The van der Waals surface area contributed by atoms with Gasteiger partial charge in [-0.05, 0) is 43.3 Å². The average Bonchev–Trinajstić information content (AvgIpc) is 2.56. The Labute approximate surface area is 132 Å². The Balaban J connectivity index is 1.95. The lowest BCUT2D eigenvalue weighted by atomic mass is 10.1. The minimum Gasteiger partial charge on any atom is -0.449 e. The van der Waals surface area contributed by atoms with Gasteiger partial charge in [0.1, 0.15) is 12.1 Å². The average molecular weight is 315 g/mol. The summed E-state index contributed by atoms with van der Waals surface area (Å²) >= 11 is 0. The van der Waals surface area contributed by atoms with Gasteiger partial charge in [-0.25, -0.2) is 9.18 Å². The minimum atomic E-state index is -1.03. The van der Waals surface area contributed by atoms with Gasteiger partial charge in [-0.3, -0.25) is 9.59 Å². The van der Waals surface area contributed by atoms with Crippen molar-refractivity contribution in [2.75, 3.05) is 5.32 Å². The van der Waals surface area contributed by atoms with Crippen molar-refractivity contribution in [1.82, 2.24) is 0 Å². The van der Waals surface area contributed by atoms with E-state index in [0.29, 0.717) is 17.5 Å². The number of carbonyl (C=O) groups excluding carboxylic acids is 3. The number of hydrogen-bond donors (Lipinski definition) is 1. The number of amides is 1. The lowest BCUT2D eigenvalue weighted by Crippen LogP contribution is -2.30. The standard InChI is InChI=1S/C17H14FNO4/c1-11(16(21)19-15-8-6-14(18)7-9-15)23-17(22)13-4-2-12(10-20)3-5-13/h2-11H,1H3,(H,19,21)/t11-/m1/s1. The maximum Gasteiger partial charge on any atom is 0.338 e. The van der Waals surface area contributed by atoms with Crippen molar-refractivity contribution in [2.45, 2.75) is 13.0 Å². The first-order chi connectivity index (χ1) is 11.0. The molecule has 0 aromatic heterocycles. The highest BCUT2D eigenvalue weighted by Gasteiger charge is 2.19. The van der Waals surface area contributed by atoms with Gasteiger partial charge in [0.15, 0.2) is 6.10 Å². The highest BCUT2D eigenvalue weighted by Crippen LogP contribution is 2.11. The molecule has 6 heteroatoms. The molecule has 0 aliphatic heterocycles. The molecule has 1 amide bonds. The third-order valence-electron chi connectivity index (χ3n) is 3.05. The van der Waals surface area contributed by atoms with Crippen LogP contribution in [-0.2, 0) is 9.53 Å².